The average molecular weight is 239 g/mol. The molecule has 0 bridgehead atoms. The maximum atomic E-state index is 11.4. The molecule has 1 N–H and O–H groups in total. The van der Waals surface area contributed by atoms with Gasteiger partial charge in [0.15, 0.2) is 0 Å². The van der Waals surface area contributed by atoms with Crippen molar-refractivity contribution in [1.29, 1.82) is 5.41 Å². The van der Waals surface area contributed by atoms with E-state index in [0.29, 0.717) is 18.8 Å². The molecule has 0 aromatic heterocycles. The predicted octanol–water partition coefficient (Wildman–Crippen LogP) is 2.70. The van der Waals surface area contributed by atoms with E-state index in [1.807, 2.05) is 0 Å². The molecule has 0 radical (unpaired) electrons. The molecule has 0 saturated heterocycles. The minimum atomic E-state index is -0.584. The molecular weight excluding hydrogens is 218 g/mol. The third-order valence-corrected chi connectivity index (χ3v) is 3.39. The predicted molar refractivity (Wildman–Crippen MR) is 64.9 cm³/mol. The summed E-state index contributed by atoms with van der Waals surface area (Å²) in [6, 6.07) is 0. The number of carbonyl (C=O) groups excluding carboxylic acids is 2. The Morgan fingerprint density at radius 1 is 1.41 bits per heavy atom. The first-order valence-electron chi connectivity index (χ1n) is 6.42. The molecule has 0 amide bonds. The first-order chi connectivity index (χ1) is 8.17. The summed E-state index contributed by atoms with van der Waals surface area (Å²) in [5, 5.41) is 7.04. The van der Waals surface area contributed by atoms with Crippen LogP contribution in [-0.4, -0.2) is 18.2 Å². The number of hydrogen-bond donors (Lipinski definition) is 1. The van der Waals surface area contributed by atoms with Gasteiger partial charge in [-0.25, -0.2) is 0 Å². The molecule has 96 valence electrons. The lowest BCUT2D eigenvalue weighted by molar-refractivity contribution is -0.161. The van der Waals surface area contributed by atoms with E-state index in [9.17, 15) is 9.59 Å². The minimum absolute atomic E-state index is 0.324. The summed E-state index contributed by atoms with van der Waals surface area (Å²) >= 11 is 0. The second-order valence-electron chi connectivity index (χ2n) is 4.66. The molecule has 0 aromatic carbocycles. The van der Waals surface area contributed by atoms with E-state index in [0.717, 1.165) is 12.6 Å². The number of ether oxygens (including phenoxy) is 1. The summed E-state index contributed by atoms with van der Waals surface area (Å²) in [5.41, 5.74) is 0. The van der Waals surface area contributed by atoms with Gasteiger partial charge in [0, 0.05) is 12.6 Å². The molecule has 0 aromatic rings. The molecule has 0 spiro atoms. The number of nitrogens with one attached hydrogen (secondary N) is 1. The Morgan fingerprint density at radius 3 is 2.59 bits per heavy atom. The highest BCUT2D eigenvalue weighted by Gasteiger charge is 2.21. The van der Waals surface area contributed by atoms with E-state index in [-0.39, 0.29) is 0 Å². The molecule has 1 aliphatic rings. The van der Waals surface area contributed by atoms with Crippen LogP contribution < -0.4 is 0 Å². The molecular formula is C13H21NO3. The van der Waals surface area contributed by atoms with E-state index in [4.69, 9.17) is 10.1 Å². The van der Waals surface area contributed by atoms with Crippen LogP contribution in [0.1, 0.15) is 51.9 Å². The van der Waals surface area contributed by atoms with Crippen LogP contribution in [-0.2, 0) is 14.3 Å². The molecule has 4 heteroatoms. The highest BCUT2D eigenvalue weighted by Crippen LogP contribution is 2.28. The molecule has 4 nitrogen and oxygen atoms in total. The van der Waals surface area contributed by atoms with Gasteiger partial charge in [-0.05, 0) is 18.8 Å². The van der Waals surface area contributed by atoms with E-state index >= 15 is 0 Å². The summed E-state index contributed by atoms with van der Waals surface area (Å²) in [4.78, 5) is 22.8. The summed E-state index contributed by atoms with van der Waals surface area (Å²) in [7, 11) is 0. The Hall–Kier alpha value is -1.19. The number of esters is 2. The second-order valence-corrected chi connectivity index (χ2v) is 4.66. The zero-order valence-electron chi connectivity index (χ0n) is 10.4. The van der Waals surface area contributed by atoms with Crippen LogP contribution in [0, 0.1) is 17.2 Å². The van der Waals surface area contributed by atoms with E-state index in [1.54, 1.807) is 6.92 Å². The van der Waals surface area contributed by atoms with Crippen LogP contribution in [0.25, 0.3) is 0 Å². The molecule has 1 atom stereocenters. The van der Waals surface area contributed by atoms with Crippen molar-refractivity contribution in [2.24, 2.45) is 11.8 Å². The van der Waals surface area contributed by atoms with Crippen LogP contribution in [0.3, 0.4) is 0 Å². The van der Waals surface area contributed by atoms with Crippen LogP contribution in [0.4, 0.5) is 0 Å². The Labute approximate surface area is 102 Å². The van der Waals surface area contributed by atoms with Crippen LogP contribution >= 0.6 is 0 Å². The van der Waals surface area contributed by atoms with E-state index in [2.05, 4.69) is 0 Å². The molecule has 1 aliphatic carbocycles. The zero-order valence-corrected chi connectivity index (χ0v) is 10.4. The van der Waals surface area contributed by atoms with Crippen LogP contribution in [0.15, 0.2) is 0 Å². The molecule has 1 saturated carbocycles. The molecule has 0 heterocycles. The highest BCUT2D eigenvalue weighted by atomic mass is 16.6. The number of carbonyl (C=O) groups is 2. The summed E-state index contributed by atoms with van der Waals surface area (Å²) in [6.07, 6.45) is 7.58. The average Bonchev–Trinajstić information content (AvgIpc) is 2.81. The van der Waals surface area contributed by atoms with Crippen molar-refractivity contribution in [1.82, 2.24) is 0 Å². The topological polar surface area (TPSA) is 67.2 Å². The number of hydrogen-bond acceptors (Lipinski definition) is 4. The van der Waals surface area contributed by atoms with Crippen molar-refractivity contribution in [2.75, 3.05) is 0 Å². The Bertz CT molecular complexity index is 282. The molecule has 17 heavy (non-hydrogen) atoms. The largest absolute Gasteiger partial charge is 0.393 e. The van der Waals surface area contributed by atoms with Gasteiger partial charge in [-0.1, -0.05) is 32.6 Å². The van der Waals surface area contributed by atoms with Gasteiger partial charge in [-0.2, -0.15) is 0 Å². The minimum Gasteiger partial charge on any atom is -0.393 e. The maximum absolute atomic E-state index is 11.4. The quantitative estimate of drug-likeness (QED) is 0.440. The molecule has 0 unspecified atom stereocenters. The van der Waals surface area contributed by atoms with E-state index in [1.165, 1.54) is 25.7 Å². The molecule has 1 fully saturated rings. The lowest BCUT2D eigenvalue weighted by atomic mass is 10.0. The standard InChI is InChI=1S/C13H21NO3/c1-2-11(9-14)13(16)17-12(15)8-7-10-5-3-4-6-10/h9-11,14H,2-8H2,1H3/t11-/m0/s1. The second kappa shape index (κ2) is 7.20. The smallest absolute Gasteiger partial charge is 0.321 e. The summed E-state index contributed by atoms with van der Waals surface area (Å²) < 4.78 is 4.73. The van der Waals surface area contributed by atoms with Crippen molar-refractivity contribution in [2.45, 2.75) is 51.9 Å². The lowest BCUT2D eigenvalue weighted by Gasteiger charge is -2.09. The summed E-state index contributed by atoms with van der Waals surface area (Å²) in [6.45, 7) is 1.79. The van der Waals surface area contributed by atoms with Gasteiger partial charge >= 0.3 is 11.9 Å². The van der Waals surface area contributed by atoms with Crippen LogP contribution in [0.2, 0.25) is 0 Å². The zero-order chi connectivity index (χ0) is 12.7. The van der Waals surface area contributed by atoms with Crippen molar-refractivity contribution >= 4 is 18.2 Å². The fourth-order valence-corrected chi connectivity index (χ4v) is 2.21. The third-order valence-electron chi connectivity index (χ3n) is 3.39. The fraction of sp³-hybridized carbons (Fsp3) is 0.769. The Morgan fingerprint density at radius 2 is 2.06 bits per heavy atom. The maximum Gasteiger partial charge on any atom is 0.321 e. The SMILES string of the molecule is CC[C@@H](C=N)C(=O)OC(=O)CCC1CCCC1. The first kappa shape index (κ1) is 13.9. The van der Waals surface area contributed by atoms with Gasteiger partial charge in [0.2, 0.25) is 0 Å². The first-order valence-corrected chi connectivity index (χ1v) is 6.42. The van der Waals surface area contributed by atoms with Crippen molar-refractivity contribution < 1.29 is 14.3 Å². The van der Waals surface area contributed by atoms with Crippen molar-refractivity contribution in [3.63, 3.8) is 0 Å². The monoisotopic (exact) mass is 239 g/mol. The highest BCUT2D eigenvalue weighted by molar-refractivity contribution is 5.94. The fourth-order valence-electron chi connectivity index (χ4n) is 2.21. The Kier molecular flexibility index (Phi) is 5.87. The summed E-state index contributed by atoms with van der Waals surface area (Å²) in [5.74, 6) is -0.978. The van der Waals surface area contributed by atoms with Gasteiger partial charge < -0.3 is 10.1 Å². The molecule has 0 aliphatic heterocycles. The Balaban J connectivity index is 2.23. The van der Waals surface area contributed by atoms with Crippen molar-refractivity contribution in [3.8, 4) is 0 Å². The van der Waals surface area contributed by atoms with Gasteiger partial charge in [0.25, 0.3) is 0 Å². The number of rotatable bonds is 6. The van der Waals surface area contributed by atoms with Gasteiger partial charge in [0.05, 0.1) is 5.92 Å². The van der Waals surface area contributed by atoms with Gasteiger partial charge in [-0.3, -0.25) is 9.59 Å². The van der Waals surface area contributed by atoms with Gasteiger partial charge in [-0.15, -0.1) is 0 Å². The third kappa shape index (κ3) is 4.67. The van der Waals surface area contributed by atoms with Crippen LogP contribution in [0.5, 0.6) is 0 Å². The lowest BCUT2D eigenvalue weighted by Crippen LogP contribution is -2.21. The van der Waals surface area contributed by atoms with Crippen molar-refractivity contribution in [3.05, 3.63) is 0 Å². The van der Waals surface area contributed by atoms with E-state index < -0.39 is 17.9 Å². The normalized spacial score (nSPS) is 17.7. The van der Waals surface area contributed by atoms with Gasteiger partial charge in [0.1, 0.15) is 0 Å². The molecule has 1 rings (SSSR count).